The second-order valence-electron chi connectivity index (χ2n) is 13.7. The first-order valence-electron chi connectivity index (χ1n) is 19.7. The average Bonchev–Trinajstić information content (AvgIpc) is 3.14. The summed E-state index contributed by atoms with van der Waals surface area (Å²) in [5.41, 5.74) is 45.2. The maximum atomic E-state index is 12.5. The van der Waals surface area contributed by atoms with Crippen molar-refractivity contribution in [2.24, 2.45) is 55.9 Å². The zero-order valence-electron chi connectivity index (χ0n) is 33.3. The van der Waals surface area contributed by atoms with Crippen LogP contribution in [0.2, 0.25) is 0 Å². The second-order valence-corrected chi connectivity index (χ2v) is 13.7. The van der Waals surface area contributed by atoms with E-state index in [-0.39, 0.29) is 35.5 Å². The molecular formula is C35H75N15O5. The van der Waals surface area contributed by atoms with Gasteiger partial charge in [0, 0.05) is 52.9 Å². The zero-order chi connectivity index (χ0) is 41.3. The molecular weight excluding hydrogens is 710 g/mol. The zero-order valence-corrected chi connectivity index (χ0v) is 33.3. The predicted octanol–water partition coefficient (Wildman–Crippen LogP) is -3.28. The van der Waals surface area contributed by atoms with Crippen LogP contribution < -0.4 is 67.1 Å². The van der Waals surface area contributed by atoms with Crippen LogP contribution in [0.25, 0.3) is 0 Å². The maximum Gasteiger partial charge on any atom is 0.236 e. The first-order chi connectivity index (χ1) is 26.3. The van der Waals surface area contributed by atoms with Gasteiger partial charge < -0.3 is 76.8 Å². The molecule has 4 amide bonds. The van der Waals surface area contributed by atoms with Crippen LogP contribution in [0.1, 0.15) is 89.9 Å². The largest absolute Gasteiger partial charge is 0.383 e. The van der Waals surface area contributed by atoms with Gasteiger partial charge in [-0.2, -0.15) is 0 Å². The fourth-order valence-electron chi connectivity index (χ4n) is 5.40. The first-order valence-corrected chi connectivity index (χ1v) is 19.7. The molecule has 0 heterocycles. The van der Waals surface area contributed by atoms with E-state index >= 15 is 0 Å². The Labute approximate surface area is 327 Å². The summed E-state index contributed by atoms with van der Waals surface area (Å²) in [6.45, 7) is 5.69. The van der Waals surface area contributed by atoms with Gasteiger partial charge in [0.15, 0.2) is 11.9 Å². The number of unbranched alkanes of at least 4 members (excludes halogenated alkanes) is 4. The van der Waals surface area contributed by atoms with Gasteiger partial charge in [0.2, 0.25) is 23.6 Å². The minimum atomic E-state index is -0.627. The third-order valence-corrected chi connectivity index (χ3v) is 8.78. The number of ether oxygens (including phenoxy) is 1. The Bertz CT molecular complexity index is 1030. The van der Waals surface area contributed by atoms with E-state index in [1.54, 1.807) is 7.11 Å². The van der Waals surface area contributed by atoms with Gasteiger partial charge >= 0.3 is 0 Å². The molecule has 0 aromatic heterocycles. The van der Waals surface area contributed by atoms with Gasteiger partial charge in [-0.15, -0.1) is 0 Å². The molecule has 0 spiro atoms. The molecule has 0 saturated carbocycles. The molecule has 0 rings (SSSR count). The molecule has 0 fully saturated rings. The summed E-state index contributed by atoms with van der Waals surface area (Å²) in [6.07, 6.45) is 9.31. The minimum Gasteiger partial charge on any atom is -0.383 e. The lowest BCUT2D eigenvalue weighted by atomic mass is 10.1. The third kappa shape index (κ3) is 30.1. The predicted molar refractivity (Wildman–Crippen MR) is 218 cm³/mol. The van der Waals surface area contributed by atoms with Crippen molar-refractivity contribution in [2.45, 2.75) is 114 Å². The van der Waals surface area contributed by atoms with Gasteiger partial charge in [0.1, 0.15) is 0 Å². The molecule has 0 bridgehead atoms. The fourth-order valence-corrected chi connectivity index (χ4v) is 5.40. The van der Waals surface area contributed by atoms with Crippen LogP contribution in [0.3, 0.4) is 0 Å². The fraction of sp³-hybridized carbons (Fsp3) is 0.829. The summed E-state index contributed by atoms with van der Waals surface area (Å²) >= 11 is 0. The summed E-state index contributed by atoms with van der Waals surface area (Å²) in [5, 5.41) is 11.5. The van der Waals surface area contributed by atoms with Crippen molar-refractivity contribution < 1.29 is 23.9 Å². The molecule has 0 saturated heterocycles. The van der Waals surface area contributed by atoms with Crippen LogP contribution in [-0.2, 0) is 23.9 Å². The van der Waals surface area contributed by atoms with Gasteiger partial charge in [-0.05, 0) is 103 Å². The minimum absolute atomic E-state index is 0.0500. The molecule has 0 aliphatic heterocycles. The van der Waals surface area contributed by atoms with Gasteiger partial charge in [0.25, 0.3) is 0 Å². The van der Waals surface area contributed by atoms with Crippen molar-refractivity contribution in [3.63, 3.8) is 0 Å². The molecule has 0 unspecified atom stereocenters. The first kappa shape index (κ1) is 51.2. The molecule has 320 valence electrons. The highest BCUT2D eigenvalue weighted by Crippen LogP contribution is 2.04. The van der Waals surface area contributed by atoms with Crippen molar-refractivity contribution in [1.82, 2.24) is 26.2 Å². The van der Waals surface area contributed by atoms with Crippen molar-refractivity contribution in [3.05, 3.63) is 0 Å². The Morgan fingerprint density at radius 3 is 1.11 bits per heavy atom. The highest BCUT2D eigenvalue weighted by atomic mass is 16.5. The molecule has 20 N–H and O–H groups in total. The third-order valence-electron chi connectivity index (χ3n) is 8.78. The number of amides is 4. The highest BCUT2D eigenvalue weighted by molar-refractivity contribution is 5.82. The number of carbonyl (C=O) groups is 4. The van der Waals surface area contributed by atoms with E-state index in [2.05, 4.69) is 36.2 Å². The topological polar surface area (TPSA) is 362 Å². The number of nitrogens with one attached hydrogen (secondary N) is 4. The number of methoxy groups -OCH3 is 1. The Hall–Kier alpha value is -3.82. The second kappa shape index (κ2) is 33.5. The lowest BCUT2D eigenvalue weighted by Crippen LogP contribution is -2.43. The van der Waals surface area contributed by atoms with Crippen LogP contribution in [0.15, 0.2) is 9.98 Å². The molecule has 0 aromatic carbocycles. The Kier molecular flexibility index (Phi) is 31.2. The molecule has 0 aliphatic carbocycles. The summed E-state index contributed by atoms with van der Waals surface area (Å²) in [6, 6.07) is -2.43. The van der Waals surface area contributed by atoms with E-state index in [0.717, 1.165) is 58.2 Å². The number of guanidine groups is 2. The van der Waals surface area contributed by atoms with Crippen molar-refractivity contribution >= 4 is 35.5 Å². The van der Waals surface area contributed by atoms with Crippen LogP contribution >= 0.6 is 0 Å². The monoisotopic (exact) mass is 786 g/mol. The number of nitrogens with two attached hydrogens (primary N) is 8. The molecule has 55 heavy (non-hydrogen) atoms. The number of aliphatic imine (C=N–C) groups is 2. The highest BCUT2D eigenvalue weighted by Gasteiger charge is 2.16. The number of hydrogen-bond acceptors (Lipinski definition) is 12. The van der Waals surface area contributed by atoms with Gasteiger partial charge in [-0.3, -0.25) is 29.2 Å². The Balaban J connectivity index is 4.11. The molecule has 0 aromatic rings. The van der Waals surface area contributed by atoms with Crippen molar-refractivity contribution in [3.8, 4) is 0 Å². The number of rotatable bonds is 35. The molecule has 20 nitrogen and oxygen atoms in total. The number of carbonyl (C=O) groups excluding carboxylic acids is 4. The van der Waals surface area contributed by atoms with E-state index in [1.165, 1.54) is 0 Å². The lowest BCUT2D eigenvalue weighted by molar-refractivity contribution is -0.123. The van der Waals surface area contributed by atoms with Gasteiger partial charge in [-0.25, -0.2) is 0 Å². The van der Waals surface area contributed by atoms with E-state index < -0.39 is 24.2 Å². The van der Waals surface area contributed by atoms with Gasteiger partial charge in [-0.1, -0.05) is 0 Å². The summed E-state index contributed by atoms with van der Waals surface area (Å²) in [4.78, 5) is 59.4. The number of nitrogens with zero attached hydrogens (tertiary/aromatic N) is 3. The van der Waals surface area contributed by atoms with Crippen LogP contribution in [0.5, 0.6) is 0 Å². The van der Waals surface area contributed by atoms with Crippen LogP contribution in [-0.4, -0.2) is 137 Å². The molecule has 0 radical (unpaired) electrons. The van der Waals surface area contributed by atoms with E-state index in [0.29, 0.717) is 97.2 Å². The maximum absolute atomic E-state index is 12.5. The molecule has 4 atom stereocenters. The quantitative estimate of drug-likeness (QED) is 0.0170. The van der Waals surface area contributed by atoms with E-state index in [9.17, 15) is 19.2 Å². The summed E-state index contributed by atoms with van der Waals surface area (Å²) in [5.74, 6) is -0.707. The van der Waals surface area contributed by atoms with Gasteiger partial charge in [0.05, 0.1) is 30.8 Å². The van der Waals surface area contributed by atoms with Crippen molar-refractivity contribution in [2.75, 3.05) is 72.6 Å². The SMILES string of the molecule is COCCN(CCCNC(=O)[C@@H](N)CCCCNC(=O)[C@@H](N)CCCCN=C(N)N)CCCNC(=O)[C@@H](N)CCCCNC(=O)[C@@H](N)CCCCN=C(N)N. The van der Waals surface area contributed by atoms with E-state index in [4.69, 9.17) is 50.6 Å². The lowest BCUT2D eigenvalue weighted by Gasteiger charge is -2.22. The normalized spacial score (nSPS) is 13.3. The Morgan fingerprint density at radius 2 is 0.800 bits per heavy atom. The van der Waals surface area contributed by atoms with Crippen LogP contribution in [0, 0.1) is 0 Å². The molecule has 20 heteroatoms. The summed E-state index contributed by atoms with van der Waals surface area (Å²) < 4.78 is 5.25. The number of hydrogen-bond donors (Lipinski definition) is 12. The molecule has 0 aliphatic rings. The smallest absolute Gasteiger partial charge is 0.236 e. The standard InChI is InChI=1S/C35H75N15O5/c1-55-25-24-50(22-10-20-46-32(53)28(38)12-2-6-16-44-30(51)26(36)14-4-8-18-48-34(40)41)23-11-21-47-33(54)29(39)13-3-7-17-45-31(52)27(37)15-5-9-19-49-35(42)43/h26-29H,2-25,36-39H2,1H3,(H,44,51)(H,45,52)(H,46,53)(H,47,54)(H4,40,41,48)(H4,42,43,49)/t26-,27-,28-,29-/m0/s1. The van der Waals surface area contributed by atoms with Crippen LogP contribution in [0.4, 0.5) is 0 Å². The summed E-state index contributed by atoms with van der Waals surface area (Å²) in [7, 11) is 1.65. The average molecular weight is 786 g/mol. The van der Waals surface area contributed by atoms with E-state index in [1.807, 2.05) is 0 Å². The Morgan fingerprint density at radius 1 is 0.491 bits per heavy atom. The van der Waals surface area contributed by atoms with Crippen molar-refractivity contribution in [1.29, 1.82) is 0 Å².